The van der Waals surface area contributed by atoms with Crippen LogP contribution in [0.5, 0.6) is 0 Å². The fourth-order valence-electron chi connectivity index (χ4n) is 7.22. The van der Waals surface area contributed by atoms with E-state index in [1.807, 2.05) is 12.3 Å². The van der Waals surface area contributed by atoms with Gasteiger partial charge < -0.3 is 4.40 Å². The van der Waals surface area contributed by atoms with Crippen LogP contribution in [-0.2, 0) is 0 Å². The number of fused-ring (bicyclic) bond motifs is 7. The van der Waals surface area contributed by atoms with E-state index < -0.39 is 0 Å². The summed E-state index contributed by atoms with van der Waals surface area (Å²) in [7, 11) is 0. The highest BCUT2D eigenvalue weighted by Gasteiger charge is 2.25. The van der Waals surface area contributed by atoms with Gasteiger partial charge in [0, 0.05) is 33.1 Å². The minimum atomic E-state index is 0.742. The molecule has 0 bridgehead atoms. The number of aromatic nitrogens is 4. The minimum absolute atomic E-state index is 0.742. The Morgan fingerprint density at radius 3 is 2.12 bits per heavy atom. The first-order valence-electron chi connectivity index (χ1n) is 14.3. The van der Waals surface area contributed by atoms with Gasteiger partial charge in [0.15, 0.2) is 5.65 Å². The summed E-state index contributed by atoms with van der Waals surface area (Å²) in [5.74, 6) is 0.869. The molecule has 0 unspecified atom stereocenters. The Hall–Kier alpha value is -5.74. The van der Waals surface area contributed by atoms with Crippen molar-refractivity contribution in [3.05, 3.63) is 134 Å². The summed E-state index contributed by atoms with van der Waals surface area (Å²) in [4.78, 5) is 9.97. The van der Waals surface area contributed by atoms with Gasteiger partial charge in [0.2, 0.25) is 0 Å². The van der Waals surface area contributed by atoms with Crippen LogP contribution in [0, 0.1) is 0 Å². The standard InChI is InChI=1S/C38H22N4/c1-2-10-23(11-3-1)29-22-33(40-38-27(29)16-9-21-39-38)42-32-20-19-24-12-8-15-26-25-13-4-6-17-30(25)41-31-18-7-5-14-28(31)36(42)37(41)35(32)34(24)26/h1-22H. The molecule has 5 heterocycles. The molecule has 0 fully saturated rings. The third-order valence-corrected chi connectivity index (χ3v) is 8.89. The van der Waals surface area contributed by atoms with Gasteiger partial charge in [0.1, 0.15) is 5.82 Å². The molecule has 4 nitrogen and oxygen atoms in total. The van der Waals surface area contributed by atoms with E-state index in [2.05, 4.69) is 130 Å². The molecule has 0 saturated carbocycles. The minimum Gasteiger partial charge on any atom is -0.306 e. The molecule has 5 aromatic carbocycles. The van der Waals surface area contributed by atoms with Crippen molar-refractivity contribution >= 4 is 70.9 Å². The summed E-state index contributed by atoms with van der Waals surface area (Å²) in [6.07, 6.45) is 1.83. The number of nitrogens with zero attached hydrogens (tertiary/aromatic N) is 4. The molecule has 10 aromatic rings. The van der Waals surface area contributed by atoms with Crippen LogP contribution in [0.1, 0.15) is 0 Å². The summed E-state index contributed by atoms with van der Waals surface area (Å²) in [6, 6.07) is 45.7. The van der Waals surface area contributed by atoms with E-state index in [0.29, 0.717) is 0 Å². The van der Waals surface area contributed by atoms with Gasteiger partial charge in [-0.1, -0.05) is 91.0 Å². The first-order chi connectivity index (χ1) is 20.9. The summed E-state index contributed by atoms with van der Waals surface area (Å²) < 4.78 is 4.84. The molecule has 42 heavy (non-hydrogen) atoms. The van der Waals surface area contributed by atoms with Crippen LogP contribution in [0.2, 0.25) is 0 Å². The summed E-state index contributed by atoms with van der Waals surface area (Å²) in [5.41, 5.74) is 8.95. The Balaban J connectivity index is 1.50. The number of hydrogen-bond donors (Lipinski definition) is 0. The Labute approximate surface area is 240 Å². The summed E-state index contributed by atoms with van der Waals surface area (Å²) >= 11 is 0. The molecule has 0 aliphatic rings. The molecule has 0 saturated heterocycles. The van der Waals surface area contributed by atoms with Crippen molar-refractivity contribution in [2.75, 3.05) is 0 Å². The van der Waals surface area contributed by atoms with Crippen molar-refractivity contribution in [1.29, 1.82) is 0 Å². The van der Waals surface area contributed by atoms with Crippen molar-refractivity contribution in [1.82, 2.24) is 18.9 Å². The van der Waals surface area contributed by atoms with Crippen molar-refractivity contribution < 1.29 is 0 Å². The van der Waals surface area contributed by atoms with Gasteiger partial charge in [0.25, 0.3) is 0 Å². The number of benzene rings is 5. The van der Waals surface area contributed by atoms with Crippen LogP contribution in [0.15, 0.2) is 134 Å². The molecule has 5 aromatic heterocycles. The smallest absolute Gasteiger partial charge is 0.162 e. The second-order valence-electron chi connectivity index (χ2n) is 11.0. The topological polar surface area (TPSA) is 35.1 Å². The van der Waals surface area contributed by atoms with E-state index in [4.69, 9.17) is 9.97 Å². The average Bonchev–Trinajstić information content (AvgIpc) is 3.52. The molecule has 10 rings (SSSR count). The summed E-state index contributed by atoms with van der Waals surface area (Å²) in [6.45, 7) is 0. The number of rotatable bonds is 2. The Morgan fingerprint density at radius 2 is 1.24 bits per heavy atom. The van der Waals surface area contributed by atoms with E-state index in [1.165, 1.54) is 54.4 Å². The van der Waals surface area contributed by atoms with E-state index >= 15 is 0 Å². The molecule has 4 heteroatoms. The lowest BCUT2D eigenvalue weighted by atomic mass is 10.0. The third-order valence-electron chi connectivity index (χ3n) is 8.89. The van der Waals surface area contributed by atoms with E-state index in [-0.39, 0.29) is 0 Å². The second-order valence-corrected chi connectivity index (χ2v) is 11.0. The SMILES string of the molecule is c1ccc(-c2cc(-n3c4ccc5cccc6c7ccccc7n7c8ccccc8c3c7c4c56)nc3ncccc23)cc1. The van der Waals surface area contributed by atoms with Gasteiger partial charge in [-0.15, -0.1) is 0 Å². The third kappa shape index (κ3) is 2.71. The predicted octanol–water partition coefficient (Wildman–Crippen LogP) is 9.54. The van der Waals surface area contributed by atoms with Crippen LogP contribution >= 0.6 is 0 Å². The molecule has 0 aliphatic heterocycles. The maximum Gasteiger partial charge on any atom is 0.162 e. The van der Waals surface area contributed by atoms with Crippen molar-refractivity contribution in [2.45, 2.75) is 0 Å². The lowest BCUT2D eigenvalue weighted by Crippen LogP contribution is -2.00. The fourth-order valence-corrected chi connectivity index (χ4v) is 7.22. The zero-order chi connectivity index (χ0) is 27.4. The maximum absolute atomic E-state index is 5.23. The van der Waals surface area contributed by atoms with Crippen LogP contribution in [-0.4, -0.2) is 18.9 Å². The quantitative estimate of drug-likeness (QED) is 0.221. The second kappa shape index (κ2) is 7.93. The average molecular weight is 535 g/mol. The molecular formula is C38H22N4. The van der Waals surface area contributed by atoms with Crippen LogP contribution < -0.4 is 0 Å². The van der Waals surface area contributed by atoms with E-state index in [1.54, 1.807) is 0 Å². The van der Waals surface area contributed by atoms with E-state index in [0.717, 1.165) is 33.5 Å². The largest absolute Gasteiger partial charge is 0.306 e. The number of para-hydroxylation sites is 2. The van der Waals surface area contributed by atoms with Gasteiger partial charge in [0.05, 0.1) is 27.6 Å². The van der Waals surface area contributed by atoms with Crippen LogP contribution in [0.4, 0.5) is 0 Å². The first kappa shape index (κ1) is 22.0. The van der Waals surface area contributed by atoms with Crippen LogP contribution in [0.3, 0.4) is 0 Å². The number of hydrogen-bond acceptors (Lipinski definition) is 2. The highest BCUT2D eigenvalue weighted by Crippen LogP contribution is 2.45. The highest BCUT2D eigenvalue weighted by atomic mass is 15.1. The lowest BCUT2D eigenvalue weighted by Gasteiger charge is -2.12. The molecule has 0 spiro atoms. The van der Waals surface area contributed by atoms with Gasteiger partial charge in [-0.05, 0) is 58.3 Å². The predicted molar refractivity (Wildman–Crippen MR) is 174 cm³/mol. The Morgan fingerprint density at radius 1 is 0.500 bits per heavy atom. The van der Waals surface area contributed by atoms with Gasteiger partial charge in [-0.25, -0.2) is 9.97 Å². The molecule has 0 N–H and O–H groups in total. The molecular weight excluding hydrogens is 512 g/mol. The van der Waals surface area contributed by atoms with Gasteiger partial charge in [-0.2, -0.15) is 0 Å². The zero-order valence-electron chi connectivity index (χ0n) is 22.5. The Bertz CT molecular complexity index is 2680. The molecule has 0 aliphatic carbocycles. The normalized spacial score (nSPS) is 12.3. The maximum atomic E-state index is 5.23. The van der Waals surface area contributed by atoms with Crippen molar-refractivity contribution in [2.24, 2.45) is 0 Å². The highest BCUT2D eigenvalue weighted by molar-refractivity contribution is 6.33. The van der Waals surface area contributed by atoms with Gasteiger partial charge >= 0.3 is 0 Å². The molecule has 0 amide bonds. The lowest BCUT2D eigenvalue weighted by molar-refractivity contribution is 1.09. The Kier molecular flexibility index (Phi) is 4.15. The van der Waals surface area contributed by atoms with Crippen molar-refractivity contribution in [3.63, 3.8) is 0 Å². The monoisotopic (exact) mass is 534 g/mol. The van der Waals surface area contributed by atoms with Crippen molar-refractivity contribution in [3.8, 4) is 16.9 Å². The molecule has 0 atom stereocenters. The molecule has 194 valence electrons. The first-order valence-corrected chi connectivity index (χ1v) is 14.3. The van der Waals surface area contributed by atoms with Gasteiger partial charge in [-0.3, -0.25) is 4.57 Å². The summed E-state index contributed by atoms with van der Waals surface area (Å²) in [5, 5.41) is 8.55. The number of pyridine rings is 2. The zero-order valence-corrected chi connectivity index (χ0v) is 22.5. The molecule has 0 radical (unpaired) electrons. The fraction of sp³-hybridized carbons (Fsp3) is 0. The van der Waals surface area contributed by atoms with E-state index in [9.17, 15) is 0 Å². The van der Waals surface area contributed by atoms with Crippen LogP contribution in [0.25, 0.3) is 87.9 Å².